The Morgan fingerprint density at radius 3 is 2.79 bits per heavy atom. The van der Waals surface area contributed by atoms with Crippen LogP contribution in [0, 0.1) is 5.92 Å². The minimum absolute atomic E-state index is 0.0241. The van der Waals surface area contributed by atoms with Crippen LogP contribution in [0.5, 0.6) is 0 Å². The Labute approximate surface area is 111 Å². The summed E-state index contributed by atoms with van der Waals surface area (Å²) in [5.41, 5.74) is 0.258. The van der Waals surface area contributed by atoms with Crippen molar-refractivity contribution in [3.05, 3.63) is 34.9 Å². The monoisotopic (exact) mass is 262 g/mol. The highest BCUT2D eigenvalue weighted by molar-refractivity contribution is 5.75. The third kappa shape index (κ3) is 2.83. The van der Waals surface area contributed by atoms with Gasteiger partial charge in [0.25, 0.3) is 0 Å². The number of hydrogen-bond donors (Lipinski definition) is 0. The zero-order chi connectivity index (χ0) is 14.0. The molecule has 0 aliphatic carbocycles. The van der Waals surface area contributed by atoms with Gasteiger partial charge >= 0.3 is 5.69 Å². The highest BCUT2D eigenvalue weighted by atomic mass is 16.2. The maximum absolute atomic E-state index is 12.0. The molecule has 0 bridgehead atoms. The number of aromatic nitrogens is 3. The normalized spacial score (nSPS) is 11.2. The van der Waals surface area contributed by atoms with Crippen molar-refractivity contribution < 1.29 is 4.79 Å². The van der Waals surface area contributed by atoms with E-state index in [1.54, 1.807) is 36.3 Å². The van der Waals surface area contributed by atoms with Crippen LogP contribution >= 0.6 is 0 Å². The van der Waals surface area contributed by atoms with E-state index in [2.05, 4.69) is 5.10 Å². The van der Waals surface area contributed by atoms with E-state index < -0.39 is 0 Å². The van der Waals surface area contributed by atoms with Gasteiger partial charge in [-0.3, -0.25) is 9.20 Å². The van der Waals surface area contributed by atoms with Crippen LogP contribution in [-0.4, -0.2) is 38.6 Å². The summed E-state index contributed by atoms with van der Waals surface area (Å²) in [6, 6.07) is 5.30. The minimum Gasteiger partial charge on any atom is -0.344 e. The largest absolute Gasteiger partial charge is 0.350 e. The van der Waals surface area contributed by atoms with Gasteiger partial charge in [-0.2, -0.15) is 0 Å². The van der Waals surface area contributed by atoms with Crippen molar-refractivity contribution in [2.75, 3.05) is 13.6 Å². The molecule has 0 saturated carbocycles. The number of rotatable bonds is 4. The van der Waals surface area contributed by atoms with Gasteiger partial charge < -0.3 is 4.90 Å². The summed E-state index contributed by atoms with van der Waals surface area (Å²) in [6.07, 6.45) is 1.64. The molecule has 0 spiro atoms. The Kier molecular flexibility index (Phi) is 3.69. The molecule has 6 nitrogen and oxygen atoms in total. The topological polar surface area (TPSA) is 59.6 Å². The molecule has 2 rings (SSSR count). The highest BCUT2D eigenvalue weighted by Gasteiger charge is 2.14. The lowest BCUT2D eigenvalue weighted by Crippen LogP contribution is -2.36. The molecule has 1 amide bonds. The van der Waals surface area contributed by atoms with Crippen molar-refractivity contribution in [3.63, 3.8) is 0 Å². The quantitative estimate of drug-likeness (QED) is 0.811. The molecule has 0 aliphatic heterocycles. The van der Waals surface area contributed by atoms with Crippen LogP contribution in [-0.2, 0) is 11.3 Å². The van der Waals surface area contributed by atoms with Gasteiger partial charge in [0.2, 0.25) is 5.91 Å². The van der Waals surface area contributed by atoms with Crippen LogP contribution in [0.4, 0.5) is 0 Å². The average Bonchev–Trinajstić information content (AvgIpc) is 2.66. The number of nitrogens with zero attached hydrogens (tertiary/aromatic N) is 4. The third-order valence-corrected chi connectivity index (χ3v) is 2.84. The van der Waals surface area contributed by atoms with E-state index in [-0.39, 0.29) is 18.1 Å². The fourth-order valence-corrected chi connectivity index (χ4v) is 1.97. The Hall–Kier alpha value is -2.11. The summed E-state index contributed by atoms with van der Waals surface area (Å²) >= 11 is 0. The Bertz CT molecular complexity index is 641. The lowest BCUT2D eigenvalue weighted by atomic mass is 10.2. The van der Waals surface area contributed by atoms with Crippen LogP contribution in [0.25, 0.3) is 5.65 Å². The van der Waals surface area contributed by atoms with E-state index in [0.29, 0.717) is 18.1 Å². The van der Waals surface area contributed by atoms with E-state index >= 15 is 0 Å². The molecule has 2 aromatic heterocycles. The molecule has 0 aliphatic rings. The molecule has 0 fully saturated rings. The first-order chi connectivity index (χ1) is 8.99. The summed E-state index contributed by atoms with van der Waals surface area (Å²) in [5, 5.41) is 4.13. The predicted octanol–water partition coefficient (Wildman–Crippen LogP) is 0.610. The van der Waals surface area contributed by atoms with Gasteiger partial charge in [0.05, 0.1) is 0 Å². The fraction of sp³-hybridized carbons (Fsp3) is 0.462. The zero-order valence-corrected chi connectivity index (χ0v) is 11.4. The molecule has 19 heavy (non-hydrogen) atoms. The van der Waals surface area contributed by atoms with Crippen molar-refractivity contribution in [3.8, 4) is 0 Å². The number of carbonyl (C=O) groups is 1. The molecule has 6 heteroatoms. The molecular weight excluding hydrogens is 244 g/mol. The summed E-state index contributed by atoms with van der Waals surface area (Å²) in [5.74, 6) is 0.283. The van der Waals surface area contributed by atoms with E-state index in [1.165, 1.54) is 9.08 Å². The fourth-order valence-electron chi connectivity index (χ4n) is 1.97. The summed E-state index contributed by atoms with van der Waals surface area (Å²) in [4.78, 5) is 25.6. The van der Waals surface area contributed by atoms with E-state index in [4.69, 9.17) is 0 Å². The first-order valence-corrected chi connectivity index (χ1v) is 6.27. The summed E-state index contributed by atoms with van der Waals surface area (Å²) in [7, 11) is 1.74. The van der Waals surface area contributed by atoms with Crippen LogP contribution in [0.2, 0.25) is 0 Å². The summed E-state index contributed by atoms with van der Waals surface area (Å²) in [6.45, 7) is 4.73. The molecule has 0 atom stereocenters. The number of fused-ring (bicyclic) bond motifs is 1. The van der Waals surface area contributed by atoms with Crippen molar-refractivity contribution >= 4 is 11.6 Å². The van der Waals surface area contributed by atoms with Gasteiger partial charge in [-0.25, -0.2) is 9.48 Å². The van der Waals surface area contributed by atoms with Gasteiger partial charge in [0.1, 0.15) is 6.54 Å². The zero-order valence-electron chi connectivity index (χ0n) is 11.4. The van der Waals surface area contributed by atoms with Crippen molar-refractivity contribution in [1.82, 2.24) is 19.1 Å². The molecule has 0 saturated heterocycles. The van der Waals surface area contributed by atoms with E-state index in [0.717, 1.165) is 0 Å². The Balaban J connectivity index is 2.20. The second kappa shape index (κ2) is 5.26. The number of hydrogen-bond acceptors (Lipinski definition) is 3. The van der Waals surface area contributed by atoms with E-state index in [9.17, 15) is 9.59 Å². The average molecular weight is 262 g/mol. The second-order valence-corrected chi connectivity index (χ2v) is 5.04. The molecule has 2 aromatic rings. The highest BCUT2D eigenvalue weighted by Crippen LogP contribution is 1.99. The molecular formula is C13H18N4O2. The van der Waals surface area contributed by atoms with Gasteiger partial charge in [-0.05, 0) is 18.1 Å². The van der Waals surface area contributed by atoms with Crippen LogP contribution in [0.3, 0.4) is 0 Å². The lowest BCUT2D eigenvalue weighted by Gasteiger charge is -2.18. The molecule has 0 unspecified atom stereocenters. The van der Waals surface area contributed by atoms with Crippen LogP contribution < -0.4 is 5.69 Å². The molecule has 0 radical (unpaired) electrons. The predicted molar refractivity (Wildman–Crippen MR) is 71.9 cm³/mol. The lowest BCUT2D eigenvalue weighted by molar-refractivity contribution is -0.131. The summed E-state index contributed by atoms with van der Waals surface area (Å²) < 4.78 is 2.63. The number of pyridine rings is 1. The number of likely N-dealkylation sites (N-methyl/N-ethyl adjacent to an activating group) is 1. The number of amides is 1. The number of carbonyl (C=O) groups excluding carboxylic acids is 1. The van der Waals surface area contributed by atoms with Crippen molar-refractivity contribution in [2.24, 2.45) is 5.92 Å². The molecule has 0 aromatic carbocycles. The van der Waals surface area contributed by atoms with Crippen molar-refractivity contribution in [1.29, 1.82) is 0 Å². The third-order valence-electron chi connectivity index (χ3n) is 2.84. The smallest absolute Gasteiger partial charge is 0.344 e. The first kappa shape index (κ1) is 13.3. The van der Waals surface area contributed by atoms with Crippen LogP contribution in [0.15, 0.2) is 29.2 Å². The Morgan fingerprint density at radius 1 is 1.42 bits per heavy atom. The first-order valence-electron chi connectivity index (χ1n) is 6.27. The van der Waals surface area contributed by atoms with E-state index in [1.807, 2.05) is 13.8 Å². The molecule has 0 N–H and O–H groups in total. The van der Waals surface area contributed by atoms with Crippen LogP contribution in [0.1, 0.15) is 13.8 Å². The maximum atomic E-state index is 12.0. The standard InChI is InChI=1S/C13H18N4O2/c1-10(2)8-15(3)12(18)9-17-13(19)16-7-5-4-6-11(16)14-17/h4-7,10H,8-9H2,1-3H3. The van der Waals surface area contributed by atoms with Gasteiger partial charge in [-0.15, -0.1) is 5.10 Å². The Morgan fingerprint density at radius 2 is 2.16 bits per heavy atom. The maximum Gasteiger partial charge on any atom is 0.350 e. The van der Waals surface area contributed by atoms with Gasteiger partial charge in [0, 0.05) is 19.8 Å². The SMILES string of the molecule is CC(C)CN(C)C(=O)Cn1nc2ccccn2c1=O. The van der Waals surface area contributed by atoms with Gasteiger partial charge in [0.15, 0.2) is 5.65 Å². The van der Waals surface area contributed by atoms with Crippen molar-refractivity contribution in [2.45, 2.75) is 20.4 Å². The minimum atomic E-state index is -0.290. The van der Waals surface area contributed by atoms with Gasteiger partial charge in [-0.1, -0.05) is 19.9 Å². The molecule has 2 heterocycles. The second-order valence-electron chi connectivity index (χ2n) is 5.04. The molecule has 102 valence electrons.